The van der Waals surface area contributed by atoms with E-state index < -0.39 is 0 Å². The van der Waals surface area contributed by atoms with E-state index in [9.17, 15) is 4.79 Å². The first-order valence-electron chi connectivity index (χ1n) is 6.80. The number of aryl methyl sites for hydroxylation is 1. The van der Waals surface area contributed by atoms with Crippen molar-refractivity contribution in [2.75, 3.05) is 33.9 Å². The summed E-state index contributed by atoms with van der Waals surface area (Å²) < 4.78 is 10.7. The number of halogens is 1. The number of carbonyl (C=O) groups excluding carboxylic acids is 1. The summed E-state index contributed by atoms with van der Waals surface area (Å²) in [7, 11) is 3.47. The lowest BCUT2D eigenvalue weighted by Gasteiger charge is -2.13. The lowest BCUT2D eigenvalue weighted by atomic mass is 10.1. The molecule has 0 heterocycles. The molecule has 1 rings (SSSR count). The maximum absolute atomic E-state index is 11.6. The van der Waals surface area contributed by atoms with Gasteiger partial charge in [0, 0.05) is 32.2 Å². The average Bonchev–Trinajstić information content (AvgIpc) is 2.44. The minimum Gasteiger partial charge on any atom is -0.491 e. The van der Waals surface area contributed by atoms with E-state index in [1.165, 1.54) is 0 Å². The van der Waals surface area contributed by atoms with Crippen LogP contribution in [-0.2, 0) is 16.1 Å². The Morgan fingerprint density at radius 3 is 2.71 bits per heavy atom. The summed E-state index contributed by atoms with van der Waals surface area (Å²) in [6, 6.07) is 5.97. The minimum absolute atomic E-state index is 0. The second kappa shape index (κ2) is 11.4. The van der Waals surface area contributed by atoms with Crippen LogP contribution in [0.2, 0.25) is 0 Å². The number of methoxy groups -OCH3 is 1. The first kappa shape index (κ1) is 19.7. The van der Waals surface area contributed by atoms with E-state index in [1.807, 2.05) is 32.2 Å². The largest absolute Gasteiger partial charge is 0.491 e. The van der Waals surface area contributed by atoms with Crippen molar-refractivity contribution in [3.05, 3.63) is 29.3 Å². The number of nitrogens with one attached hydrogen (secondary N) is 2. The molecule has 0 aliphatic rings. The third-order valence-corrected chi connectivity index (χ3v) is 2.85. The SMILES string of the molecule is CNCCC(=O)NCc1ccc(C)cc1OCCOC.Cl. The Labute approximate surface area is 132 Å². The first-order valence-corrected chi connectivity index (χ1v) is 6.80. The molecule has 0 atom stereocenters. The molecule has 0 saturated heterocycles. The quantitative estimate of drug-likeness (QED) is 0.680. The molecule has 0 aliphatic heterocycles. The van der Waals surface area contributed by atoms with E-state index in [-0.39, 0.29) is 18.3 Å². The molecule has 0 aromatic heterocycles. The van der Waals surface area contributed by atoms with Crippen LogP contribution in [0.15, 0.2) is 18.2 Å². The normalized spacial score (nSPS) is 9.86. The fraction of sp³-hybridized carbons (Fsp3) is 0.533. The summed E-state index contributed by atoms with van der Waals surface area (Å²) in [5.74, 6) is 0.832. The summed E-state index contributed by atoms with van der Waals surface area (Å²) >= 11 is 0. The monoisotopic (exact) mass is 316 g/mol. The second-order valence-corrected chi connectivity index (χ2v) is 4.58. The highest BCUT2D eigenvalue weighted by Crippen LogP contribution is 2.20. The minimum atomic E-state index is 0. The Morgan fingerprint density at radius 2 is 2.05 bits per heavy atom. The summed E-state index contributed by atoms with van der Waals surface area (Å²) in [6.07, 6.45) is 0.474. The maximum atomic E-state index is 11.6. The van der Waals surface area contributed by atoms with Gasteiger partial charge < -0.3 is 20.1 Å². The van der Waals surface area contributed by atoms with Crippen molar-refractivity contribution in [1.82, 2.24) is 10.6 Å². The van der Waals surface area contributed by atoms with E-state index >= 15 is 0 Å². The van der Waals surface area contributed by atoms with Gasteiger partial charge in [-0.05, 0) is 25.6 Å². The molecule has 1 aromatic rings. The standard InChI is InChI=1S/C15H24N2O3.ClH/c1-12-4-5-13(11-17-15(18)6-7-16-2)14(10-12)20-9-8-19-3;/h4-5,10,16H,6-9,11H2,1-3H3,(H,17,18);1H. The number of carbonyl (C=O) groups is 1. The highest BCUT2D eigenvalue weighted by molar-refractivity contribution is 5.85. The molecule has 120 valence electrons. The molecule has 6 heteroatoms. The van der Waals surface area contributed by atoms with Gasteiger partial charge in [0.1, 0.15) is 12.4 Å². The summed E-state index contributed by atoms with van der Waals surface area (Å²) in [4.78, 5) is 11.6. The van der Waals surface area contributed by atoms with Crippen LogP contribution >= 0.6 is 12.4 Å². The summed E-state index contributed by atoms with van der Waals surface area (Å²) in [5, 5.41) is 5.84. The molecule has 0 spiro atoms. The van der Waals surface area contributed by atoms with Crippen LogP contribution in [0.3, 0.4) is 0 Å². The van der Waals surface area contributed by atoms with Gasteiger partial charge in [-0.25, -0.2) is 0 Å². The van der Waals surface area contributed by atoms with Gasteiger partial charge in [-0.3, -0.25) is 4.79 Å². The molecular formula is C15H25ClN2O3. The molecule has 1 aromatic carbocycles. The highest BCUT2D eigenvalue weighted by atomic mass is 35.5. The zero-order valence-corrected chi connectivity index (χ0v) is 13.7. The molecule has 0 radical (unpaired) electrons. The predicted molar refractivity (Wildman–Crippen MR) is 86.2 cm³/mol. The first-order chi connectivity index (χ1) is 9.67. The molecule has 0 saturated carbocycles. The number of ether oxygens (including phenoxy) is 2. The van der Waals surface area contributed by atoms with Crippen molar-refractivity contribution in [2.45, 2.75) is 19.9 Å². The van der Waals surface area contributed by atoms with Crippen molar-refractivity contribution in [3.8, 4) is 5.75 Å². The van der Waals surface area contributed by atoms with Crippen LogP contribution < -0.4 is 15.4 Å². The summed E-state index contributed by atoms with van der Waals surface area (Å²) in [5.41, 5.74) is 2.10. The third-order valence-electron chi connectivity index (χ3n) is 2.85. The van der Waals surface area contributed by atoms with Gasteiger partial charge in [-0.1, -0.05) is 12.1 Å². The fourth-order valence-corrected chi connectivity index (χ4v) is 1.70. The van der Waals surface area contributed by atoms with Gasteiger partial charge >= 0.3 is 0 Å². The van der Waals surface area contributed by atoms with Gasteiger partial charge in [0.15, 0.2) is 0 Å². The van der Waals surface area contributed by atoms with Crippen LogP contribution in [0.5, 0.6) is 5.75 Å². The van der Waals surface area contributed by atoms with Gasteiger partial charge in [-0.2, -0.15) is 0 Å². The Kier molecular flexibility index (Phi) is 10.7. The molecule has 5 nitrogen and oxygen atoms in total. The van der Waals surface area contributed by atoms with Crippen molar-refractivity contribution in [1.29, 1.82) is 0 Å². The fourth-order valence-electron chi connectivity index (χ4n) is 1.70. The van der Waals surface area contributed by atoms with E-state index in [4.69, 9.17) is 9.47 Å². The van der Waals surface area contributed by atoms with Crippen LogP contribution in [0.1, 0.15) is 17.5 Å². The lowest BCUT2D eigenvalue weighted by molar-refractivity contribution is -0.121. The third kappa shape index (κ3) is 7.90. The van der Waals surface area contributed by atoms with Crippen molar-refractivity contribution < 1.29 is 14.3 Å². The Hall–Kier alpha value is -1.30. The van der Waals surface area contributed by atoms with Gasteiger partial charge in [-0.15, -0.1) is 12.4 Å². The topological polar surface area (TPSA) is 59.6 Å². The van der Waals surface area contributed by atoms with E-state index in [0.29, 0.717) is 32.7 Å². The van der Waals surface area contributed by atoms with E-state index in [0.717, 1.165) is 16.9 Å². The second-order valence-electron chi connectivity index (χ2n) is 4.58. The molecule has 0 aliphatic carbocycles. The molecule has 0 bridgehead atoms. The molecule has 1 amide bonds. The predicted octanol–water partition coefficient (Wildman–Crippen LogP) is 1.67. The smallest absolute Gasteiger partial charge is 0.221 e. The van der Waals surface area contributed by atoms with Crippen LogP contribution in [-0.4, -0.2) is 39.8 Å². The molecule has 2 N–H and O–H groups in total. The zero-order valence-electron chi connectivity index (χ0n) is 12.9. The van der Waals surface area contributed by atoms with Crippen molar-refractivity contribution >= 4 is 18.3 Å². The van der Waals surface area contributed by atoms with Gasteiger partial charge in [0.25, 0.3) is 0 Å². The van der Waals surface area contributed by atoms with Crippen LogP contribution in [0.25, 0.3) is 0 Å². The lowest BCUT2D eigenvalue weighted by Crippen LogP contribution is -2.26. The van der Waals surface area contributed by atoms with Crippen LogP contribution in [0.4, 0.5) is 0 Å². The average molecular weight is 317 g/mol. The van der Waals surface area contributed by atoms with E-state index in [2.05, 4.69) is 10.6 Å². The Balaban J connectivity index is 0.00000400. The molecule has 0 fully saturated rings. The van der Waals surface area contributed by atoms with Crippen molar-refractivity contribution in [3.63, 3.8) is 0 Å². The number of rotatable bonds is 9. The van der Waals surface area contributed by atoms with Crippen molar-refractivity contribution in [2.24, 2.45) is 0 Å². The number of hydrogen-bond donors (Lipinski definition) is 2. The number of benzene rings is 1. The van der Waals surface area contributed by atoms with E-state index in [1.54, 1.807) is 7.11 Å². The highest BCUT2D eigenvalue weighted by Gasteiger charge is 2.06. The van der Waals surface area contributed by atoms with Gasteiger partial charge in [0.05, 0.1) is 6.61 Å². The number of amides is 1. The summed E-state index contributed by atoms with van der Waals surface area (Å²) in [6.45, 7) is 4.21. The maximum Gasteiger partial charge on any atom is 0.221 e. The Bertz CT molecular complexity index is 427. The molecule has 21 heavy (non-hydrogen) atoms. The van der Waals surface area contributed by atoms with Gasteiger partial charge in [0.2, 0.25) is 5.91 Å². The molecular weight excluding hydrogens is 292 g/mol. The zero-order chi connectivity index (χ0) is 14.8. The van der Waals surface area contributed by atoms with Crippen LogP contribution in [0, 0.1) is 6.92 Å². The number of hydrogen-bond acceptors (Lipinski definition) is 4. The Morgan fingerprint density at radius 1 is 1.29 bits per heavy atom. The molecule has 0 unspecified atom stereocenters.